The van der Waals surface area contributed by atoms with E-state index in [9.17, 15) is 9.90 Å². The summed E-state index contributed by atoms with van der Waals surface area (Å²) in [6, 6.07) is 0. The fourth-order valence-electron chi connectivity index (χ4n) is 5.59. The molecule has 0 aromatic heterocycles. The van der Waals surface area contributed by atoms with E-state index in [0.29, 0.717) is 16.7 Å². The lowest BCUT2D eigenvalue weighted by molar-refractivity contribution is -0.239. The number of ketones is 1. The molecule has 1 fully saturated rings. The first-order chi connectivity index (χ1) is 14.9. The van der Waals surface area contributed by atoms with E-state index in [-0.39, 0.29) is 11.4 Å². The summed E-state index contributed by atoms with van der Waals surface area (Å²) < 4.78 is 6.40. The highest BCUT2D eigenvalue weighted by Crippen LogP contribution is 2.48. The third kappa shape index (κ3) is 6.79. The number of fused-ring (bicyclic) bond motifs is 1. The van der Waals surface area contributed by atoms with Crippen LogP contribution < -0.4 is 0 Å². The van der Waals surface area contributed by atoms with Gasteiger partial charge in [0, 0.05) is 11.1 Å². The Morgan fingerprint density at radius 1 is 0.875 bits per heavy atom. The lowest BCUT2D eigenvalue weighted by atomic mass is 9.75. The maximum absolute atomic E-state index is 12.5. The predicted octanol–water partition coefficient (Wildman–Crippen LogP) is 7.92. The normalized spacial score (nSPS) is 28.4. The second-order valence-electron chi connectivity index (χ2n) is 11.7. The molecule has 2 aliphatic rings. The molecule has 0 aromatic carbocycles. The summed E-state index contributed by atoms with van der Waals surface area (Å²) in [6.45, 7) is 17.0. The molecule has 0 radical (unpaired) electrons. The monoisotopic (exact) mass is 446 g/mol. The molecular formula is C29H50O3. The van der Waals surface area contributed by atoms with Crippen LogP contribution in [0.5, 0.6) is 0 Å². The number of hydrogen-bond acceptors (Lipinski definition) is 3. The van der Waals surface area contributed by atoms with Gasteiger partial charge in [-0.2, -0.15) is 0 Å². The maximum atomic E-state index is 12.5. The van der Waals surface area contributed by atoms with Crippen LogP contribution in [0.2, 0.25) is 0 Å². The highest BCUT2D eigenvalue weighted by atomic mass is 16.6. The molecule has 1 N–H and O–H groups in total. The van der Waals surface area contributed by atoms with E-state index in [1.54, 1.807) is 6.92 Å². The SMILES string of the molecule is CC1=C(C)[C@@]2(O)O[C@](C)(CCC[C@@H](C)CCC[C@@H](C)CCCC(C)C)CCC2=C(C)C1=O. The smallest absolute Gasteiger partial charge is 0.213 e. The Kier molecular flexibility index (Phi) is 9.79. The molecule has 3 nitrogen and oxygen atoms in total. The highest BCUT2D eigenvalue weighted by molar-refractivity contribution is 6.10. The highest BCUT2D eigenvalue weighted by Gasteiger charge is 2.50. The Morgan fingerprint density at radius 3 is 1.97 bits per heavy atom. The number of carbonyl (C=O) groups excluding carboxylic acids is 1. The molecule has 1 heterocycles. The first kappa shape index (κ1) is 27.3. The average molecular weight is 447 g/mol. The molecule has 2 rings (SSSR count). The molecule has 0 amide bonds. The first-order valence-electron chi connectivity index (χ1n) is 13.2. The van der Waals surface area contributed by atoms with Crippen molar-refractivity contribution in [3.05, 3.63) is 22.3 Å². The number of Topliss-reactive ketones (excluding diaryl/α,β-unsaturated/α-hetero) is 1. The summed E-state index contributed by atoms with van der Waals surface area (Å²) in [5, 5.41) is 11.4. The van der Waals surface area contributed by atoms with Crippen molar-refractivity contribution in [2.75, 3.05) is 0 Å². The Morgan fingerprint density at radius 2 is 1.41 bits per heavy atom. The van der Waals surface area contributed by atoms with Crippen LogP contribution in [0.1, 0.15) is 126 Å². The lowest BCUT2D eigenvalue weighted by Gasteiger charge is -2.48. The van der Waals surface area contributed by atoms with Gasteiger partial charge in [0.15, 0.2) is 5.78 Å². The molecule has 0 saturated carbocycles. The van der Waals surface area contributed by atoms with Crippen molar-refractivity contribution >= 4 is 5.78 Å². The Hall–Kier alpha value is -0.930. The molecular weight excluding hydrogens is 396 g/mol. The lowest BCUT2D eigenvalue weighted by Crippen LogP contribution is -2.52. The summed E-state index contributed by atoms with van der Waals surface area (Å²) in [7, 11) is 0. The van der Waals surface area contributed by atoms with Gasteiger partial charge < -0.3 is 9.84 Å². The summed E-state index contributed by atoms with van der Waals surface area (Å²) in [5.41, 5.74) is 2.41. The molecule has 0 spiro atoms. The van der Waals surface area contributed by atoms with Gasteiger partial charge in [-0.1, -0.05) is 79.1 Å². The number of allylic oxidation sites excluding steroid dienone is 2. The molecule has 3 heteroatoms. The molecule has 1 aliphatic heterocycles. The molecule has 4 atom stereocenters. The zero-order valence-electron chi connectivity index (χ0n) is 22.3. The van der Waals surface area contributed by atoms with E-state index in [1.807, 2.05) is 13.8 Å². The Labute approximate surface area is 198 Å². The quantitative estimate of drug-likeness (QED) is 0.331. The van der Waals surface area contributed by atoms with Gasteiger partial charge in [-0.3, -0.25) is 4.79 Å². The minimum atomic E-state index is -1.40. The van der Waals surface area contributed by atoms with Crippen molar-refractivity contribution in [3.63, 3.8) is 0 Å². The van der Waals surface area contributed by atoms with Crippen molar-refractivity contribution in [3.8, 4) is 0 Å². The van der Waals surface area contributed by atoms with Crippen LogP contribution in [0.4, 0.5) is 0 Å². The van der Waals surface area contributed by atoms with Crippen LogP contribution in [0.3, 0.4) is 0 Å². The molecule has 0 bridgehead atoms. The second-order valence-corrected chi connectivity index (χ2v) is 11.7. The van der Waals surface area contributed by atoms with Crippen molar-refractivity contribution in [2.24, 2.45) is 17.8 Å². The third-order valence-electron chi connectivity index (χ3n) is 8.19. The van der Waals surface area contributed by atoms with Gasteiger partial charge in [-0.05, 0) is 75.9 Å². The van der Waals surface area contributed by atoms with Gasteiger partial charge in [-0.15, -0.1) is 0 Å². The van der Waals surface area contributed by atoms with E-state index in [4.69, 9.17) is 4.74 Å². The summed E-state index contributed by atoms with van der Waals surface area (Å²) in [6.07, 6.45) is 13.0. The standard InChI is InChI=1S/C29H50O3/c1-20(2)12-9-13-21(3)14-10-15-22(4)16-11-18-28(8)19-17-26-24(6)27(30)23(5)25(7)29(26,31)32-28/h20-22,31H,9-19H2,1-8H3/t21-,22-,28+,29+/m0/s1. The number of hydrogen-bond donors (Lipinski definition) is 1. The van der Waals surface area contributed by atoms with E-state index < -0.39 is 5.79 Å². The van der Waals surface area contributed by atoms with Gasteiger partial charge in [-0.25, -0.2) is 0 Å². The molecule has 0 unspecified atom stereocenters. The number of carbonyl (C=O) groups is 1. The zero-order valence-corrected chi connectivity index (χ0v) is 22.3. The van der Waals surface area contributed by atoms with Crippen molar-refractivity contribution < 1.29 is 14.6 Å². The summed E-state index contributed by atoms with van der Waals surface area (Å²) >= 11 is 0. The molecule has 32 heavy (non-hydrogen) atoms. The third-order valence-corrected chi connectivity index (χ3v) is 8.19. The van der Waals surface area contributed by atoms with Gasteiger partial charge >= 0.3 is 0 Å². The second kappa shape index (κ2) is 11.5. The summed E-state index contributed by atoms with van der Waals surface area (Å²) in [4.78, 5) is 12.5. The fraction of sp³-hybridized carbons (Fsp3) is 0.828. The molecule has 1 saturated heterocycles. The van der Waals surface area contributed by atoms with E-state index in [2.05, 4.69) is 34.6 Å². The van der Waals surface area contributed by atoms with Crippen LogP contribution in [0, 0.1) is 17.8 Å². The molecule has 184 valence electrons. The van der Waals surface area contributed by atoms with Crippen LogP contribution >= 0.6 is 0 Å². The van der Waals surface area contributed by atoms with Crippen LogP contribution in [0.15, 0.2) is 22.3 Å². The first-order valence-corrected chi connectivity index (χ1v) is 13.2. The fourth-order valence-corrected chi connectivity index (χ4v) is 5.59. The van der Waals surface area contributed by atoms with Gasteiger partial charge in [0.05, 0.1) is 5.60 Å². The van der Waals surface area contributed by atoms with Gasteiger partial charge in [0.25, 0.3) is 0 Å². The van der Waals surface area contributed by atoms with Crippen LogP contribution in [-0.2, 0) is 9.53 Å². The Bertz CT molecular complexity index is 716. The van der Waals surface area contributed by atoms with Crippen LogP contribution in [-0.4, -0.2) is 22.3 Å². The largest absolute Gasteiger partial charge is 0.359 e. The number of rotatable bonds is 12. The molecule has 1 aliphatic carbocycles. The van der Waals surface area contributed by atoms with E-state index in [0.717, 1.165) is 49.0 Å². The summed E-state index contributed by atoms with van der Waals surface area (Å²) in [5.74, 6) is 1.07. The Balaban J connectivity index is 1.77. The van der Waals surface area contributed by atoms with Crippen molar-refractivity contribution in [2.45, 2.75) is 137 Å². The zero-order chi connectivity index (χ0) is 24.1. The topological polar surface area (TPSA) is 46.5 Å². The van der Waals surface area contributed by atoms with Gasteiger partial charge in [0.2, 0.25) is 5.79 Å². The van der Waals surface area contributed by atoms with E-state index in [1.165, 1.54) is 44.9 Å². The van der Waals surface area contributed by atoms with Crippen LogP contribution in [0.25, 0.3) is 0 Å². The average Bonchev–Trinajstić information content (AvgIpc) is 2.70. The number of aliphatic hydroxyl groups is 1. The minimum absolute atomic E-state index is 0.0532. The maximum Gasteiger partial charge on any atom is 0.213 e. The predicted molar refractivity (Wildman–Crippen MR) is 134 cm³/mol. The van der Waals surface area contributed by atoms with Crippen molar-refractivity contribution in [1.82, 2.24) is 0 Å². The minimum Gasteiger partial charge on any atom is -0.359 e. The molecule has 0 aromatic rings. The van der Waals surface area contributed by atoms with Crippen molar-refractivity contribution in [1.29, 1.82) is 0 Å². The number of ether oxygens (including phenoxy) is 1. The van der Waals surface area contributed by atoms with Gasteiger partial charge in [0.1, 0.15) is 0 Å². The van der Waals surface area contributed by atoms with E-state index >= 15 is 0 Å².